The first-order valence-corrected chi connectivity index (χ1v) is 9.71. The zero-order valence-corrected chi connectivity index (χ0v) is 18.1. The summed E-state index contributed by atoms with van der Waals surface area (Å²) in [6.07, 6.45) is -0.596. The van der Waals surface area contributed by atoms with E-state index in [2.05, 4.69) is 50.4 Å². The third-order valence-corrected chi connectivity index (χ3v) is 5.32. The molecule has 146 valence electrons. The smallest absolute Gasteiger partial charge is 0.261 e. The number of aryl methyl sites for hydroxylation is 2. The second-order valence-electron chi connectivity index (χ2n) is 8.23. The molecule has 1 N–H and O–H groups in total. The summed E-state index contributed by atoms with van der Waals surface area (Å²) in [4.78, 5) is 12.5. The van der Waals surface area contributed by atoms with Crippen molar-refractivity contribution in [1.82, 2.24) is 5.32 Å². The van der Waals surface area contributed by atoms with Gasteiger partial charge in [0.15, 0.2) is 6.10 Å². The van der Waals surface area contributed by atoms with Crippen LogP contribution in [-0.4, -0.2) is 12.0 Å². The molecule has 0 unspecified atom stereocenters. The Balaban J connectivity index is 2.01. The largest absolute Gasteiger partial charge is 0.481 e. The number of rotatable bonds is 5. The summed E-state index contributed by atoms with van der Waals surface area (Å²) >= 11 is 6.19. The molecule has 0 saturated carbocycles. The van der Waals surface area contributed by atoms with E-state index in [-0.39, 0.29) is 17.4 Å². The lowest BCUT2D eigenvalue weighted by Gasteiger charge is -2.22. The molecule has 0 saturated heterocycles. The molecular formula is C23H30ClNO2. The minimum Gasteiger partial charge on any atom is -0.481 e. The Morgan fingerprint density at radius 3 is 2.04 bits per heavy atom. The summed E-state index contributed by atoms with van der Waals surface area (Å²) in [5, 5.41) is 3.75. The molecule has 1 amide bonds. The molecule has 0 aromatic heterocycles. The van der Waals surface area contributed by atoms with Crippen molar-refractivity contribution >= 4 is 17.5 Å². The Hall–Kier alpha value is -2.00. The molecular weight excluding hydrogens is 358 g/mol. The summed E-state index contributed by atoms with van der Waals surface area (Å²) in [6, 6.07) is 12.0. The number of carbonyl (C=O) groups is 1. The maximum atomic E-state index is 12.5. The fourth-order valence-corrected chi connectivity index (χ4v) is 3.03. The Bertz CT molecular complexity index is 783. The molecule has 0 aliphatic heterocycles. The van der Waals surface area contributed by atoms with E-state index in [0.29, 0.717) is 5.75 Å². The van der Waals surface area contributed by atoms with Crippen LogP contribution in [0.3, 0.4) is 0 Å². The quantitative estimate of drug-likeness (QED) is 0.693. The number of amides is 1. The molecule has 0 aliphatic rings. The lowest BCUT2D eigenvalue weighted by molar-refractivity contribution is -0.127. The van der Waals surface area contributed by atoms with Crippen molar-refractivity contribution in [3.63, 3.8) is 0 Å². The van der Waals surface area contributed by atoms with Crippen LogP contribution < -0.4 is 10.1 Å². The zero-order valence-electron chi connectivity index (χ0n) is 17.3. The van der Waals surface area contributed by atoms with Crippen molar-refractivity contribution < 1.29 is 9.53 Å². The van der Waals surface area contributed by atoms with E-state index in [0.717, 1.165) is 21.7 Å². The summed E-state index contributed by atoms with van der Waals surface area (Å²) in [5.41, 5.74) is 4.33. The van der Waals surface area contributed by atoms with Crippen LogP contribution in [0.5, 0.6) is 5.75 Å². The van der Waals surface area contributed by atoms with Gasteiger partial charge in [0.25, 0.3) is 5.91 Å². The highest BCUT2D eigenvalue weighted by molar-refractivity contribution is 6.32. The van der Waals surface area contributed by atoms with Gasteiger partial charge in [0, 0.05) is 5.02 Å². The second-order valence-corrected chi connectivity index (χ2v) is 8.61. The Morgan fingerprint density at radius 2 is 1.56 bits per heavy atom. The van der Waals surface area contributed by atoms with Crippen LogP contribution in [0.25, 0.3) is 0 Å². The number of ether oxygens (including phenoxy) is 1. The third kappa shape index (κ3) is 5.49. The van der Waals surface area contributed by atoms with Crippen LogP contribution in [0.4, 0.5) is 0 Å². The van der Waals surface area contributed by atoms with Gasteiger partial charge in [-0.1, -0.05) is 56.6 Å². The van der Waals surface area contributed by atoms with E-state index in [9.17, 15) is 4.79 Å². The van der Waals surface area contributed by atoms with Crippen molar-refractivity contribution in [3.8, 4) is 5.75 Å². The first kappa shape index (κ1) is 21.3. The molecule has 2 atom stereocenters. The summed E-state index contributed by atoms with van der Waals surface area (Å²) < 4.78 is 5.82. The molecule has 2 aromatic carbocycles. The Morgan fingerprint density at radius 1 is 1.04 bits per heavy atom. The lowest BCUT2D eigenvalue weighted by atomic mass is 9.86. The van der Waals surface area contributed by atoms with Crippen molar-refractivity contribution in [1.29, 1.82) is 0 Å². The van der Waals surface area contributed by atoms with Gasteiger partial charge in [-0.2, -0.15) is 0 Å². The number of nitrogens with one attached hydrogen (secondary N) is 1. The topological polar surface area (TPSA) is 38.3 Å². The molecule has 0 fully saturated rings. The third-order valence-electron chi connectivity index (χ3n) is 4.73. The van der Waals surface area contributed by atoms with Crippen molar-refractivity contribution in [2.24, 2.45) is 0 Å². The van der Waals surface area contributed by atoms with Gasteiger partial charge < -0.3 is 10.1 Å². The van der Waals surface area contributed by atoms with Gasteiger partial charge in [0.1, 0.15) is 5.75 Å². The van der Waals surface area contributed by atoms with Crippen LogP contribution in [0.2, 0.25) is 5.02 Å². The Kier molecular flexibility index (Phi) is 6.59. The van der Waals surface area contributed by atoms with Gasteiger partial charge >= 0.3 is 0 Å². The monoisotopic (exact) mass is 387 g/mol. The molecule has 2 rings (SSSR count). The number of carbonyl (C=O) groups excluding carboxylic acids is 1. The Labute approximate surface area is 168 Å². The van der Waals surface area contributed by atoms with Crippen LogP contribution in [0, 0.1) is 13.8 Å². The number of hydrogen-bond acceptors (Lipinski definition) is 2. The average Bonchev–Trinajstić information content (AvgIpc) is 2.58. The molecule has 2 aromatic rings. The van der Waals surface area contributed by atoms with Gasteiger partial charge in [0.2, 0.25) is 0 Å². The first-order valence-electron chi connectivity index (χ1n) is 9.33. The van der Waals surface area contributed by atoms with Gasteiger partial charge in [-0.15, -0.1) is 0 Å². The summed E-state index contributed by atoms with van der Waals surface area (Å²) in [5.74, 6) is 0.506. The van der Waals surface area contributed by atoms with Crippen LogP contribution >= 0.6 is 11.6 Å². The van der Waals surface area contributed by atoms with Crippen molar-refractivity contribution in [2.45, 2.75) is 66.0 Å². The van der Waals surface area contributed by atoms with Gasteiger partial charge in [0.05, 0.1) is 6.04 Å². The molecule has 0 radical (unpaired) electrons. The average molecular weight is 388 g/mol. The maximum Gasteiger partial charge on any atom is 0.261 e. The van der Waals surface area contributed by atoms with Crippen LogP contribution in [-0.2, 0) is 10.2 Å². The summed E-state index contributed by atoms with van der Waals surface area (Å²) in [6.45, 7) is 14.1. The maximum absolute atomic E-state index is 12.5. The number of benzene rings is 2. The van der Waals surface area contributed by atoms with Crippen molar-refractivity contribution in [2.75, 3.05) is 0 Å². The highest BCUT2D eigenvalue weighted by Gasteiger charge is 2.19. The molecule has 3 nitrogen and oxygen atoms in total. The number of halogens is 1. The molecule has 0 aliphatic carbocycles. The van der Waals surface area contributed by atoms with E-state index in [1.165, 1.54) is 5.56 Å². The van der Waals surface area contributed by atoms with E-state index in [4.69, 9.17) is 16.3 Å². The highest BCUT2D eigenvalue weighted by atomic mass is 35.5. The van der Waals surface area contributed by atoms with Gasteiger partial charge in [-0.25, -0.2) is 0 Å². The molecule has 0 spiro atoms. The molecule has 0 heterocycles. The van der Waals surface area contributed by atoms with Gasteiger partial charge in [-0.05, 0) is 67.5 Å². The fourth-order valence-electron chi connectivity index (χ4n) is 2.92. The van der Waals surface area contributed by atoms with Crippen LogP contribution in [0.1, 0.15) is 62.9 Å². The highest BCUT2D eigenvalue weighted by Crippen LogP contribution is 2.27. The molecule has 0 bridgehead atoms. The second kappa shape index (κ2) is 8.35. The zero-order chi connectivity index (χ0) is 20.4. The predicted octanol–water partition coefficient (Wildman–Crippen LogP) is 5.90. The summed E-state index contributed by atoms with van der Waals surface area (Å²) in [7, 11) is 0. The molecule has 4 heteroatoms. The molecule has 27 heavy (non-hydrogen) atoms. The van der Waals surface area contributed by atoms with Crippen LogP contribution in [0.15, 0.2) is 36.4 Å². The lowest BCUT2D eigenvalue weighted by Crippen LogP contribution is -2.37. The number of hydrogen-bond donors (Lipinski definition) is 1. The van der Waals surface area contributed by atoms with Gasteiger partial charge in [-0.3, -0.25) is 4.79 Å². The van der Waals surface area contributed by atoms with E-state index in [1.807, 2.05) is 32.9 Å². The first-order chi connectivity index (χ1) is 12.5. The fraction of sp³-hybridized carbons (Fsp3) is 0.435. The predicted molar refractivity (Wildman–Crippen MR) is 113 cm³/mol. The minimum absolute atomic E-state index is 0.0914. The normalized spacial score (nSPS) is 13.8. The standard InChI is InChI=1S/C23H30ClNO2/c1-14-12-20(13-15(2)21(14)24)27-17(4)22(26)25-16(3)18-8-10-19(11-9-18)23(5,6)7/h8-13,16-17H,1-7H3,(H,25,26)/t16-,17+/m1/s1. The van der Waals surface area contributed by atoms with E-state index >= 15 is 0 Å². The van der Waals surface area contributed by atoms with Crippen molar-refractivity contribution in [3.05, 3.63) is 63.7 Å². The van der Waals surface area contributed by atoms with E-state index < -0.39 is 6.10 Å². The SMILES string of the molecule is Cc1cc(O[C@@H](C)C(=O)N[C@H](C)c2ccc(C(C)(C)C)cc2)cc(C)c1Cl. The van der Waals surface area contributed by atoms with E-state index in [1.54, 1.807) is 6.92 Å². The minimum atomic E-state index is -0.596.